The van der Waals surface area contributed by atoms with Crippen LogP contribution in [0.1, 0.15) is 32.8 Å². The Morgan fingerprint density at radius 2 is 1.93 bits per heavy atom. The van der Waals surface area contributed by atoms with Crippen molar-refractivity contribution in [3.05, 3.63) is 72.1 Å². The van der Waals surface area contributed by atoms with Gasteiger partial charge in [0.2, 0.25) is 5.90 Å². The van der Waals surface area contributed by atoms with Gasteiger partial charge in [-0.15, -0.1) is 0 Å². The Balaban J connectivity index is 1.20. The molecule has 0 saturated carbocycles. The van der Waals surface area contributed by atoms with Gasteiger partial charge >= 0.3 is 18.2 Å². The van der Waals surface area contributed by atoms with E-state index in [1.54, 1.807) is 24.3 Å². The summed E-state index contributed by atoms with van der Waals surface area (Å²) < 4.78 is 51.9. The molecule has 1 unspecified atom stereocenters. The zero-order chi connectivity index (χ0) is 30.1. The number of nitrogens with one attached hydrogen (secondary N) is 2. The van der Waals surface area contributed by atoms with Crippen molar-refractivity contribution in [2.24, 2.45) is 10.9 Å². The average Bonchev–Trinajstić information content (AvgIpc) is 3.55. The molecule has 2 aromatic carbocycles. The van der Waals surface area contributed by atoms with Crippen LogP contribution in [0.3, 0.4) is 0 Å². The smallest absolute Gasteiger partial charge is 0.416 e. The lowest BCUT2D eigenvalue weighted by atomic mass is 10.1. The van der Waals surface area contributed by atoms with Gasteiger partial charge in [0.25, 0.3) is 0 Å². The molecule has 3 aromatic rings. The summed E-state index contributed by atoms with van der Waals surface area (Å²) in [6, 6.07) is 10.7. The second-order valence-corrected chi connectivity index (χ2v) is 11.3. The third-order valence-electron chi connectivity index (χ3n) is 6.79. The highest BCUT2D eigenvalue weighted by molar-refractivity contribution is 5.99. The number of carbonyl (C=O) groups excluding carboxylic acids is 2. The minimum Gasteiger partial charge on any atom is -0.460 e. The molecule has 2 aliphatic rings. The topological polar surface area (TPSA) is 97.2 Å². The van der Waals surface area contributed by atoms with Crippen LogP contribution >= 0.6 is 0 Å². The molecule has 0 radical (unpaired) electrons. The lowest BCUT2D eigenvalue weighted by Gasteiger charge is -2.23. The number of rotatable bonds is 5. The zero-order valence-electron chi connectivity index (χ0n) is 23.5. The van der Waals surface area contributed by atoms with E-state index in [2.05, 4.69) is 20.5 Å². The number of nitrogens with zero attached hydrogens (tertiary/aromatic N) is 3. The highest BCUT2D eigenvalue weighted by Crippen LogP contribution is 2.31. The van der Waals surface area contributed by atoms with Gasteiger partial charge in [-0.25, -0.2) is 9.79 Å². The van der Waals surface area contributed by atoms with Crippen LogP contribution in [-0.2, 0) is 15.7 Å². The number of anilines is 1. The van der Waals surface area contributed by atoms with Crippen molar-refractivity contribution in [1.29, 1.82) is 0 Å². The molecule has 42 heavy (non-hydrogen) atoms. The number of likely N-dealkylation sites (tertiary alicyclic amines) is 1. The van der Waals surface area contributed by atoms with E-state index in [-0.39, 0.29) is 17.6 Å². The Morgan fingerprint density at radius 3 is 2.69 bits per heavy atom. The van der Waals surface area contributed by atoms with Crippen molar-refractivity contribution >= 4 is 34.5 Å². The lowest BCUT2D eigenvalue weighted by molar-refractivity contribution is -0.159. The number of fused-ring (bicyclic) bond motifs is 1. The first-order chi connectivity index (χ1) is 19.8. The molecule has 5 rings (SSSR count). The number of hydrogen-bond acceptors (Lipinski definition) is 7. The number of esters is 1. The van der Waals surface area contributed by atoms with Crippen molar-refractivity contribution in [3.8, 4) is 5.75 Å². The van der Waals surface area contributed by atoms with Crippen molar-refractivity contribution in [2.75, 3.05) is 31.6 Å². The number of amides is 1. The van der Waals surface area contributed by atoms with Gasteiger partial charge in [-0.05, 0) is 76.2 Å². The number of benzene rings is 2. The number of alkyl halides is 3. The molecule has 2 aliphatic heterocycles. The molecule has 0 bridgehead atoms. The van der Waals surface area contributed by atoms with E-state index in [1.807, 2.05) is 26.8 Å². The fourth-order valence-corrected chi connectivity index (χ4v) is 4.86. The van der Waals surface area contributed by atoms with E-state index in [0.29, 0.717) is 42.3 Å². The van der Waals surface area contributed by atoms with E-state index in [9.17, 15) is 22.8 Å². The monoisotopic (exact) mass is 583 g/mol. The van der Waals surface area contributed by atoms with Crippen molar-refractivity contribution < 1.29 is 32.2 Å². The SMILES string of the molecule is CC(C)(C)OC(=O)C1CCN(CC2=CC(Oc3ccc4c(ccn4C(=O)Nc4cccc(C(F)(F)F)c4)c3)=NCN2)C1. The van der Waals surface area contributed by atoms with Gasteiger partial charge in [0, 0.05) is 42.1 Å². The Hall–Kier alpha value is -4.32. The molecule has 1 aromatic heterocycles. The Labute approximate surface area is 241 Å². The van der Waals surface area contributed by atoms with Gasteiger partial charge in [0.1, 0.15) is 18.0 Å². The molecule has 12 heteroatoms. The zero-order valence-corrected chi connectivity index (χ0v) is 23.5. The number of aromatic nitrogens is 1. The van der Waals surface area contributed by atoms with Crippen LogP contribution in [0.25, 0.3) is 10.9 Å². The minimum atomic E-state index is -4.51. The number of halogens is 3. The first-order valence-electron chi connectivity index (χ1n) is 13.6. The summed E-state index contributed by atoms with van der Waals surface area (Å²) in [5, 5.41) is 6.46. The van der Waals surface area contributed by atoms with E-state index in [4.69, 9.17) is 9.47 Å². The van der Waals surface area contributed by atoms with Crippen LogP contribution in [0.2, 0.25) is 0 Å². The van der Waals surface area contributed by atoms with E-state index < -0.39 is 23.4 Å². The first kappa shape index (κ1) is 29.2. The second-order valence-electron chi connectivity index (χ2n) is 11.3. The van der Waals surface area contributed by atoms with E-state index >= 15 is 0 Å². The van der Waals surface area contributed by atoms with Crippen LogP contribution in [-0.4, -0.2) is 59.3 Å². The number of aliphatic imine (C=N–C) groups is 1. The maximum atomic E-state index is 13.0. The Bertz CT molecular complexity index is 1550. The standard InChI is InChI=1S/C30H32F3N5O4/c1-29(2,3)42-27(39)20-9-11-37(16-20)17-23-15-26(35-18-34-23)41-24-7-8-25-19(13-24)10-12-38(25)28(40)36-22-6-4-5-21(14-22)30(31,32)33/h4-8,10,12-15,20,34H,9,11,16-18H2,1-3H3,(H,36,40). The van der Waals surface area contributed by atoms with Crippen molar-refractivity contribution in [1.82, 2.24) is 14.8 Å². The second kappa shape index (κ2) is 11.5. The fourth-order valence-electron chi connectivity index (χ4n) is 4.86. The van der Waals surface area contributed by atoms with Crippen LogP contribution in [0.15, 0.2) is 71.5 Å². The molecular weight excluding hydrogens is 551 g/mol. The summed E-state index contributed by atoms with van der Waals surface area (Å²) >= 11 is 0. The van der Waals surface area contributed by atoms with Crippen LogP contribution in [0, 0.1) is 5.92 Å². The molecule has 1 amide bonds. The molecule has 9 nitrogen and oxygen atoms in total. The van der Waals surface area contributed by atoms with Gasteiger partial charge in [-0.3, -0.25) is 14.3 Å². The van der Waals surface area contributed by atoms with Gasteiger partial charge in [0.05, 0.1) is 17.0 Å². The third kappa shape index (κ3) is 7.11. The highest BCUT2D eigenvalue weighted by atomic mass is 19.4. The molecule has 1 saturated heterocycles. The van der Waals surface area contributed by atoms with Crippen LogP contribution in [0.4, 0.5) is 23.7 Å². The number of hydrogen-bond donors (Lipinski definition) is 2. The third-order valence-corrected chi connectivity index (χ3v) is 6.79. The summed E-state index contributed by atoms with van der Waals surface area (Å²) in [4.78, 5) is 31.8. The normalized spacial score (nSPS) is 17.8. The molecule has 1 atom stereocenters. The molecule has 1 fully saturated rings. The van der Waals surface area contributed by atoms with Gasteiger partial charge in [0.15, 0.2) is 0 Å². The predicted molar refractivity (Wildman–Crippen MR) is 152 cm³/mol. The van der Waals surface area contributed by atoms with Gasteiger partial charge < -0.3 is 20.1 Å². The largest absolute Gasteiger partial charge is 0.460 e. The summed E-state index contributed by atoms with van der Waals surface area (Å²) in [5.74, 6) is 0.621. The molecular formula is C30H32F3N5O4. The maximum absolute atomic E-state index is 13.0. The van der Waals surface area contributed by atoms with Crippen LogP contribution < -0.4 is 15.4 Å². The summed E-state index contributed by atoms with van der Waals surface area (Å²) in [5.41, 5.74) is 0.165. The molecule has 0 aliphatic carbocycles. The minimum absolute atomic E-state index is 0.0393. The quantitative estimate of drug-likeness (QED) is 0.378. The van der Waals surface area contributed by atoms with E-state index in [0.717, 1.165) is 30.8 Å². The fraction of sp³-hybridized carbons (Fsp3) is 0.367. The maximum Gasteiger partial charge on any atom is 0.416 e. The molecule has 3 heterocycles. The van der Waals surface area contributed by atoms with Gasteiger partial charge in [-0.2, -0.15) is 13.2 Å². The molecule has 0 spiro atoms. The van der Waals surface area contributed by atoms with E-state index in [1.165, 1.54) is 22.9 Å². The summed E-state index contributed by atoms with van der Waals surface area (Å²) in [7, 11) is 0. The number of ether oxygens (including phenoxy) is 2. The lowest BCUT2D eigenvalue weighted by Crippen LogP contribution is -2.34. The highest BCUT2D eigenvalue weighted by Gasteiger charge is 2.32. The van der Waals surface area contributed by atoms with Gasteiger partial charge in [-0.1, -0.05) is 6.07 Å². The Kier molecular flexibility index (Phi) is 8.00. The van der Waals surface area contributed by atoms with Crippen molar-refractivity contribution in [3.63, 3.8) is 0 Å². The molecule has 2 N–H and O–H groups in total. The Morgan fingerprint density at radius 1 is 1.12 bits per heavy atom. The number of carbonyl (C=O) groups is 2. The molecule has 222 valence electrons. The van der Waals surface area contributed by atoms with Crippen molar-refractivity contribution in [2.45, 2.75) is 39.0 Å². The summed E-state index contributed by atoms with van der Waals surface area (Å²) in [6.07, 6.45) is -0.400. The summed E-state index contributed by atoms with van der Waals surface area (Å²) in [6.45, 7) is 7.96. The van der Waals surface area contributed by atoms with Crippen LogP contribution in [0.5, 0.6) is 5.75 Å². The first-order valence-corrected chi connectivity index (χ1v) is 13.6. The average molecular weight is 584 g/mol. The predicted octanol–water partition coefficient (Wildman–Crippen LogP) is 5.63.